The summed E-state index contributed by atoms with van der Waals surface area (Å²) in [6.45, 7) is 0.187. The third-order valence-electron chi connectivity index (χ3n) is 2.96. The number of benzene rings is 1. The first-order valence-electron chi connectivity index (χ1n) is 6.37. The van der Waals surface area contributed by atoms with Gasteiger partial charge in [0.25, 0.3) is 6.43 Å². The van der Waals surface area contributed by atoms with Gasteiger partial charge < -0.3 is 9.67 Å². The molecule has 1 N–H and O–H groups in total. The van der Waals surface area contributed by atoms with Crippen molar-refractivity contribution < 1.29 is 13.9 Å². The van der Waals surface area contributed by atoms with Crippen LogP contribution in [0.15, 0.2) is 43.0 Å². The summed E-state index contributed by atoms with van der Waals surface area (Å²) in [7, 11) is 0. The molecule has 0 aliphatic carbocycles. The van der Waals surface area contributed by atoms with Gasteiger partial charge in [-0.1, -0.05) is 12.1 Å². The van der Waals surface area contributed by atoms with Crippen molar-refractivity contribution in [3.63, 3.8) is 0 Å². The highest BCUT2D eigenvalue weighted by Gasteiger charge is 2.12. The molecule has 0 atom stereocenters. The molecule has 1 aromatic heterocycles. The fourth-order valence-electron chi connectivity index (χ4n) is 2.02. The average Bonchev–Trinajstić information content (AvgIpc) is 2.93. The van der Waals surface area contributed by atoms with E-state index in [0.29, 0.717) is 6.54 Å². The maximum Gasteiger partial charge on any atom is 0.251 e. The lowest BCUT2D eigenvalue weighted by Gasteiger charge is -2.20. The molecule has 0 bridgehead atoms. The van der Waals surface area contributed by atoms with Crippen molar-refractivity contribution in [1.82, 2.24) is 14.5 Å². The molecule has 0 aliphatic rings. The number of alkyl halides is 2. The van der Waals surface area contributed by atoms with Gasteiger partial charge in [0.05, 0.1) is 19.5 Å². The van der Waals surface area contributed by atoms with Gasteiger partial charge in [-0.3, -0.25) is 4.90 Å². The minimum atomic E-state index is -2.40. The van der Waals surface area contributed by atoms with Crippen molar-refractivity contribution >= 4 is 0 Å². The summed E-state index contributed by atoms with van der Waals surface area (Å²) in [5.74, 6) is 0. The van der Waals surface area contributed by atoms with Crippen LogP contribution in [0, 0.1) is 0 Å². The Kier molecular flexibility index (Phi) is 5.20. The minimum absolute atomic E-state index is 0.125. The van der Waals surface area contributed by atoms with Crippen LogP contribution in [0.5, 0.6) is 0 Å². The highest BCUT2D eigenvalue weighted by Crippen LogP contribution is 2.12. The highest BCUT2D eigenvalue weighted by molar-refractivity contribution is 5.34. The van der Waals surface area contributed by atoms with Gasteiger partial charge in [-0.05, 0) is 17.7 Å². The first-order chi connectivity index (χ1) is 9.69. The van der Waals surface area contributed by atoms with Crippen LogP contribution in [0.4, 0.5) is 8.78 Å². The molecule has 0 spiro atoms. The SMILES string of the molecule is OCCN(Cc1ccc(-n2ccnc2)cc1)CC(F)F. The van der Waals surface area contributed by atoms with E-state index in [2.05, 4.69) is 4.98 Å². The Labute approximate surface area is 116 Å². The van der Waals surface area contributed by atoms with Crippen LogP contribution in [-0.2, 0) is 6.54 Å². The number of imidazole rings is 1. The zero-order chi connectivity index (χ0) is 14.4. The average molecular weight is 281 g/mol. The molecule has 2 aromatic rings. The van der Waals surface area contributed by atoms with Crippen molar-refractivity contribution in [3.8, 4) is 5.69 Å². The second-order valence-corrected chi connectivity index (χ2v) is 4.49. The molecule has 0 aliphatic heterocycles. The quantitative estimate of drug-likeness (QED) is 0.843. The van der Waals surface area contributed by atoms with Crippen molar-refractivity contribution in [2.75, 3.05) is 19.7 Å². The van der Waals surface area contributed by atoms with Gasteiger partial charge in [0.15, 0.2) is 0 Å². The Bertz CT molecular complexity index is 500. The normalized spacial score (nSPS) is 11.4. The molecule has 1 aromatic carbocycles. The van der Waals surface area contributed by atoms with Crippen LogP contribution in [-0.4, -0.2) is 45.7 Å². The number of hydrogen-bond acceptors (Lipinski definition) is 3. The molecule has 0 saturated carbocycles. The lowest BCUT2D eigenvalue weighted by atomic mass is 10.2. The summed E-state index contributed by atoms with van der Waals surface area (Å²) < 4.78 is 26.7. The maximum atomic E-state index is 12.4. The number of aliphatic hydroxyl groups is 1. The molecule has 20 heavy (non-hydrogen) atoms. The van der Waals surface area contributed by atoms with Crippen LogP contribution in [0.3, 0.4) is 0 Å². The topological polar surface area (TPSA) is 41.3 Å². The molecule has 0 unspecified atom stereocenters. The Balaban J connectivity index is 2.01. The van der Waals surface area contributed by atoms with Crippen LogP contribution < -0.4 is 0 Å². The van der Waals surface area contributed by atoms with E-state index >= 15 is 0 Å². The molecule has 6 heteroatoms. The van der Waals surface area contributed by atoms with Crippen LogP contribution in [0.2, 0.25) is 0 Å². The second-order valence-electron chi connectivity index (χ2n) is 4.49. The Morgan fingerprint density at radius 3 is 2.55 bits per heavy atom. The van der Waals surface area contributed by atoms with E-state index in [1.165, 1.54) is 4.90 Å². The lowest BCUT2D eigenvalue weighted by molar-refractivity contribution is 0.0746. The lowest BCUT2D eigenvalue weighted by Crippen LogP contribution is -2.31. The number of halogens is 2. The summed E-state index contributed by atoms with van der Waals surface area (Å²) in [4.78, 5) is 5.51. The van der Waals surface area contributed by atoms with Gasteiger partial charge in [0.2, 0.25) is 0 Å². The van der Waals surface area contributed by atoms with Gasteiger partial charge in [-0.2, -0.15) is 0 Å². The van der Waals surface area contributed by atoms with Gasteiger partial charge >= 0.3 is 0 Å². The second kappa shape index (κ2) is 7.12. The van der Waals surface area contributed by atoms with Crippen molar-refractivity contribution in [3.05, 3.63) is 48.5 Å². The zero-order valence-corrected chi connectivity index (χ0v) is 11.0. The first kappa shape index (κ1) is 14.6. The fraction of sp³-hybridized carbons (Fsp3) is 0.357. The summed E-state index contributed by atoms with van der Waals surface area (Å²) in [6, 6.07) is 7.61. The monoisotopic (exact) mass is 281 g/mol. The summed E-state index contributed by atoms with van der Waals surface area (Å²) in [6.07, 6.45) is 2.83. The van der Waals surface area contributed by atoms with E-state index in [0.717, 1.165) is 11.3 Å². The highest BCUT2D eigenvalue weighted by atomic mass is 19.3. The Morgan fingerprint density at radius 1 is 1.25 bits per heavy atom. The van der Waals surface area contributed by atoms with Crippen LogP contribution >= 0.6 is 0 Å². The first-order valence-corrected chi connectivity index (χ1v) is 6.37. The zero-order valence-electron chi connectivity index (χ0n) is 11.0. The predicted octanol–water partition coefficient (Wildman–Crippen LogP) is 1.93. The van der Waals surface area contributed by atoms with E-state index in [1.54, 1.807) is 12.5 Å². The van der Waals surface area contributed by atoms with Crippen molar-refractivity contribution in [1.29, 1.82) is 0 Å². The predicted molar refractivity (Wildman–Crippen MR) is 71.9 cm³/mol. The van der Waals surface area contributed by atoms with Crippen molar-refractivity contribution in [2.24, 2.45) is 0 Å². The molecular weight excluding hydrogens is 264 g/mol. The third kappa shape index (κ3) is 4.11. The summed E-state index contributed by atoms with van der Waals surface area (Å²) in [5.41, 5.74) is 1.90. The molecule has 2 rings (SSSR count). The number of aromatic nitrogens is 2. The summed E-state index contributed by atoms with van der Waals surface area (Å²) in [5, 5.41) is 8.90. The Hall–Kier alpha value is -1.79. The molecule has 0 amide bonds. The standard InChI is InChI=1S/C14H17F2N3O/c15-14(16)10-18(7-8-20)9-12-1-3-13(4-2-12)19-6-5-17-11-19/h1-6,11,14,20H,7-10H2. The van der Waals surface area contributed by atoms with Gasteiger partial charge in [-0.25, -0.2) is 13.8 Å². The third-order valence-corrected chi connectivity index (χ3v) is 2.96. The van der Waals surface area contributed by atoms with E-state index in [9.17, 15) is 8.78 Å². The van der Waals surface area contributed by atoms with Gasteiger partial charge in [0, 0.05) is 31.2 Å². The van der Waals surface area contributed by atoms with Gasteiger partial charge in [-0.15, -0.1) is 0 Å². The molecular formula is C14H17F2N3O. The van der Waals surface area contributed by atoms with E-state index < -0.39 is 6.43 Å². The number of nitrogens with zero attached hydrogens (tertiary/aromatic N) is 3. The van der Waals surface area contributed by atoms with E-state index in [1.807, 2.05) is 35.0 Å². The van der Waals surface area contributed by atoms with E-state index in [-0.39, 0.29) is 19.7 Å². The summed E-state index contributed by atoms with van der Waals surface area (Å²) >= 11 is 0. The fourth-order valence-corrected chi connectivity index (χ4v) is 2.02. The Morgan fingerprint density at radius 2 is 2.00 bits per heavy atom. The van der Waals surface area contributed by atoms with Crippen LogP contribution in [0.1, 0.15) is 5.56 Å². The maximum absolute atomic E-state index is 12.4. The molecule has 108 valence electrons. The largest absolute Gasteiger partial charge is 0.395 e. The number of rotatable bonds is 7. The number of hydrogen-bond donors (Lipinski definition) is 1. The molecule has 0 saturated heterocycles. The number of aliphatic hydroxyl groups excluding tert-OH is 1. The molecule has 1 heterocycles. The molecule has 4 nitrogen and oxygen atoms in total. The van der Waals surface area contributed by atoms with Gasteiger partial charge in [0.1, 0.15) is 0 Å². The molecule has 0 radical (unpaired) electrons. The molecule has 0 fully saturated rings. The van der Waals surface area contributed by atoms with Crippen LogP contribution in [0.25, 0.3) is 5.69 Å². The smallest absolute Gasteiger partial charge is 0.251 e. The minimum Gasteiger partial charge on any atom is -0.395 e. The van der Waals surface area contributed by atoms with E-state index in [4.69, 9.17) is 5.11 Å². The van der Waals surface area contributed by atoms with Crippen molar-refractivity contribution in [2.45, 2.75) is 13.0 Å².